The van der Waals surface area contributed by atoms with Crippen LogP contribution in [0.5, 0.6) is 0 Å². The zero-order chi connectivity index (χ0) is 20.7. The number of nitrogens with one attached hydrogen (secondary N) is 2. The summed E-state index contributed by atoms with van der Waals surface area (Å²) in [5, 5.41) is 16.0. The van der Waals surface area contributed by atoms with Crippen LogP contribution in [0.15, 0.2) is 42.5 Å². The van der Waals surface area contributed by atoms with E-state index in [0.29, 0.717) is 18.7 Å². The maximum atomic E-state index is 12.9. The lowest BCUT2D eigenvalue weighted by Gasteiger charge is -2.12. The predicted molar refractivity (Wildman–Crippen MR) is 106 cm³/mol. The summed E-state index contributed by atoms with van der Waals surface area (Å²) in [6.45, 7) is 0.341. The van der Waals surface area contributed by atoms with Crippen LogP contribution >= 0.6 is 12.4 Å². The van der Waals surface area contributed by atoms with Gasteiger partial charge in [-0.05, 0) is 42.3 Å². The summed E-state index contributed by atoms with van der Waals surface area (Å²) in [7, 11) is 0. The molecule has 0 radical (unpaired) electrons. The van der Waals surface area contributed by atoms with Crippen molar-refractivity contribution in [1.29, 1.82) is 0 Å². The predicted octanol–water partition coefficient (Wildman–Crippen LogP) is 4.32. The number of hydrogen-bond acceptors (Lipinski definition) is 5. The number of hydrogen-bond donors (Lipinski definition) is 3. The first-order valence-corrected chi connectivity index (χ1v) is 8.38. The Morgan fingerprint density at radius 3 is 2.31 bits per heavy atom. The Kier molecular flexibility index (Phi) is 8.86. The van der Waals surface area contributed by atoms with Crippen LogP contribution in [0.4, 0.5) is 30.2 Å². The second-order valence-corrected chi connectivity index (χ2v) is 6.00. The minimum Gasteiger partial charge on any atom is -0.385 e. The van der Waals surface area contributed by atoms with Gasteiger partial charge in [-0.1, -0.05) is 0 Å². The van der Waals surface area contributed by atoms with Crippen molar-refractivity contribution in [3.05, 3.63) is 63.7 Å². The van der Waals surface area contributed by atoms with E-state index >= 15 is 0 Å². The van der Waals surface area contributed by atoms with Crippen LogP contribution < -0.4 is 16.4 Å². The average molecular weight is 433 g/mol. The second kappa shape index (κ2) is 10.6. The molecule has 0 atom stereocenters. The van der Waals surface area contributed by atoms with Crippen LogP contribution in [-0.2, 0) is 17.5 Å². The van der Waals surface area contributed by atoms with E-state index in [-0.39, 0.29) is 42.3 Å². The molecule has 7 nitrogen and oxygen atoms in total. The van der Waals surface area contributed by atoms with Gasteiger partial charge in [0.25, 0.3) is 5.69 Å². The van der Waals surface area contributed by atoms with Gasteiger partial charge >= 0.3 is 6.18 Å². The molecule has 0 fully saturated rings. The summed E-state index contributed by atoms with van der Waals surface area (Å²) in [5.74, 6) is -0.423. The molecule has 2 rings (SSSR count). The molecule has 0 heterocycles. The molecular formula is C18H20ClF3N4O3. The number of nitro groups is 1. The molecule has 0 aliphatic carbocycles. The number of nitrogens with zero attached hydrogens (tertiary/aromatic N) is 1. The van der Waals surface area contributed by atoms with Crippen molar-refractivity contribution in [2.24, 2.45) is 5.73 Å². The van der Waals surface area contributed by atoms with E-state index in [1.165, 1.54) is 18.2 Å². The lowest BCUT2D eigenvalue weighted by molar-refractivity contribution is -0.384. The Labute approximate surface area is 171 Å². The Hall–Kier alpha value is -2.85. The SMILES string of the molecule is Cl.NCc1cc(NC(=O)CCCNc2ccc([N+](=O)[O-])cc2)cc(C(F)(F)F)c1. The van der Waals surface area contributed by atoms with Gasteiger partial charge in [0.1, 0.15) is 0 Å². The van der Waals surface area contributed by atoms with E-state index in [1.54, 1.807) is 12.1 Å². The lowest BCUT2D eigenvalue weighted by atomic mass is 10.1. The Bertz CT molecular complexity index is 845. The van der Waals surface area contributed by atoms with Crippen molar-refractivity contribution in [3.8, 4) is 0 Å². The van der Waals surface area contributed by atoms with Gasteiger partial charge in [0.2, 0.25) is 5.91 Å². The molecule has 1 amide bonds. The van der Waals surface area contributed by atoms with Crippen molar-refractivity contribution in [2.45, 2.75) is 25.6 Å². The fraction of sp³-hybridized carbons (Fsp3) is 0.278. The number of amides is 1. The van der Waals surface area contributed by atoms with E-state index in [9.17, 15) is 28.1 Å². The summed E-state index contributed by atoms with van der Waals surface area (Å²) < 4.78 is 38.7. The van der Waals surface area contributed by atoms with E-state index in [2.05, 4.69) is 10.6 Å². The standard InChI is InChI=1S/C18H19F3N4O3.ClH/c19-18(20,21)13-8-12(11-22)9-15(10-13)24-17(26)2-1-7-23-14-3-5-16(6-4-14)25(27)28;/h3-6,8-10,23H,1-2,7,11,22H2,(H,24,26);1H. The number of carbonyl (C=O) groups is 1. The molecule has 4 N–H and O–H groups in total. The molecule has 0 unspecified atom stereocenters. The number of rotatable bonds is 8. The highest BCUT2D eigenvalue weighted by molar-refractivity contribution is 5.90. The third-order valence-corrected chi connectivity index (χ3v) is 3.83. The van der Waals surface area contributed by atoms with E-state index in [0.717, 1.165) is 12.1 Å². The molecule has 0 saturated carbocycles. The van der Waals surface area contributed by atoms with Crippen LogP contribution in [0, 0.1) is 10.1 Å². The molecule has 0 aliphatic heterocycles. The van der Waals surface area contributed by atoms with Crippen molar-refractivity contribution in [2.75, 3.05) is 17.2 Å². The van der Waals surface area contributed by atoms with Gasteiger partial charge in [-0.2, -0.15) is 13.2 Å². The smallest absolute Gasteiger partial charge is 0.385 e. The molecule has 29 heavy (non-hydrogen) atoms. The number of alkyl halides is 3. The first-order chi connectivity index (χ1) is 13.2. The number of nitro benzene ring substituents is 1. The number of benzene rings is 2. The number of carbonyl (C=O) groups excluding carboxylic acids is 1. The van der Waals surface area contributed by atoms with E-state index in [1.807, 2.05) is 0 Å². The average Bonchev–Trinajstić information content (AvgIpc) is 2.64. The molecular weight excluding hydrogens is 413 g/mol. The molecule has 0 saturated heterocycles. The fourth-order valence-electron chi connectivity index (χ4n) is 2.45. The van der Waals surface area contributed by atoms with Crippen LogP contribution in [0.25, 0.3) is 0 Å². The quantitative estimate of drug-likeness (QED) is 0.327. The minimum atomic E-state index is -4.53. The summed E-state index contributed by atoms with van der Waals surface area (Å²) in [5.41, 5.74) is 5.50. The van der Waals surface area contributed by atoms with Gasteiger partial charge in [-0.3, -0.25) is 14.9 Å². The maximum Gasteiger partial charge on any atom is 0.416 e. The number of anilines is 2. The summed E-state index contributed by atoms with van der Waals surface area (Å²) in [6.07, 6.45) is -4.01. The second-order valence-electron chi connectivity index (χ2n) is 6.00. The zero-order valence-corrected chi connectivity index (χ0v) is 16.0. The Morgan fingerprint density at radius 1 is 1.10 bits per heavy atom. The minimum absolute atomic E-state index is 0. The third-order valence-electron chi connectivity index (χ3n) is 3.83. The molecule has 0 bridgehead atoms. The number of nitrogens with two attached hydrogens (primary N) is 1. The third kappa shape index (κ3) is 7.59. The summed E-state index contributed by atoms with van der Waals surface area (Å²) in [6, 6.07) is 9.04. The highest BCUT2D eigenvalue weighted by atomic mass is 35.5. The molecule has 0 aliphatic rings. The highest BCUT2D eigenvalue weighted by Gasteiger charge is 2.31. The topological polar surface area (TPSA) is 110 Å². The normalized spacial score (nSPS) is 10.8. The summed E-state index contributed by atoms with van der Waals surface area (Å²) >= 11 is 0. The first kappa shape index (κ1) is 24.2. The van der Waals surface area contributed by atoms with Crippen molar-refractivity contribution >= 4 is 35.4 Å². The Balaban J connectivity index is 0.00000420. The number of halogens is 4. The van der Waals surface area contributed by atoms with Crippen molar-refractivity contribution < 1.29 is 22.9 Å². The van der Waals surface area contributed by atoms with Gasteiger partial charge in [-0.15, -0.1) is 12.4 Å². The molecule has 158 valence electrons. The zero-order valence-electron chi connectivity index (χ0n) is 15.2. The number of non-ortho nitro benzene ring substituents is 1. The van der Waals surface area contributed by atoms with Crippen LogP contribution in [0.2, 0.25) is 0 Å². The van der Waals surface area contributed by atoms with Crippen molar-refractivity contribution in [1.82, 2.24) is 0 Å². The van der Waals surface area contributed by atoms with Gasteiger partial charge < -0.3 is 16.4 Å². The summed E-state index contributed by atoms with van der Waals surface area (Å²) in [4.78, 5) is 22.1. The first-order valence-electron chi connectivity index (χ1n) is 8.38. The van der Waals surface area contributed by atoms with E-state index < -0.39 is 22.6 Å². The van der Waals surface area contributed by atoms with E-state index in [4.69, 9.17) is 5.73 Å². The largest absolute Gasteiger partial charge is 0.416 e. The van der Waals surface area contributed by atoms with Crippen LogP contribution in [0.3, 0.4) is 0 Å². The molecule has 2 aromatic rings. The maximum absolute atomic E-state index is 12.9. The molecule has 2 aromatic carbocycles. The Morgan fingerprint density at radius 2 is 1.76 bits per heavy atom. The molecule has 0 aromatic heterocycles. The molecule has 11 heteroatoms. The van der Waals surface area contributed by atoms with Crippen LogP contribution in [-0.4, -0.2) is 17.4 Å². The fourth-order valence-corrected chi connectivity index (χ4v) is 2.45. The molecule has 0 spiro atoms. The monoisotopic (exact) mass is 432 g/mol. The van der Waals surface area contributed by atoms with Crippen LogP contribution in [0.1, 0.15) is 24.0 Å². The van der Waals surface area contributed by atoms with Gasteiger partial charge in [-0.25, -0.2) is 0 Å². The lowest BCUT2D eigenvalue weighted by Crippen LogP contribution is -2.15. The highest BCUT2D eigenvalue weighted by Crippen LogP contribution is 2.32. The van der Waals surface area contributed by atoms with Gasteiger partial charge in [0.15, 0.2) is 0 Å². The van der Waals surface area contributed by atoms with Gasteiger partial charge in [0, 0.05) is 43.0 Å². The van der Waals surface area contributed by atoms with Gasteiger partial charge in [0.05, 0.1) is 10.5 Å². The van der Waals surface area contributed by atoms with Crippen molar-refractivity contribution in [3.63, 3.8) is 0 Å².